The van der Waals surface area contributed by atoms with Gasteiger partial charge in [-0.15, -0.1) is 32.9 Å². The van der Waals surface area contributed by atoms with Crippen molar-refractivity contribution in [2.75, 3.05) is 13.7 Å². The molecule has 16 nitrogen and oxygen atoms in total. The Morgan fingerprint density at radius 1 is 0.836 bits per heavy atom. The third-order valence-corrected chi connectivity index (χ3v) is 16.5. The summed E-state index contributed by atoms with van der Waals surface area (Å²) < 4.78 is 7.03. The maximum atomic E-state index is 14.3. The largest absolute Gasteiger partial charge is 0.469 e. The molecule has 1 aliphatic carbocycles. The Labute approximate surface area is 432 Å². The molecule has 2 aliphatic heterocycles. The zero-order chi connectivity index (χ0) is 52.0. The second kappa shape index (κ2) is 20.6. The van der Waals surface area contributed by atoms with Crippen LogP contribution >= 0.6 is 22.7 Å². The van der Waals surface area contributed by atoms with E-state index in [0.717, 1.165) is 65.1 Å². The lowest BCUT2D eigenvalue weighted by molar-refractivity contribution is -0.145. The Morgan fingerprint density at radius 2 is 1.48 bits per heavy atom. The average Bonchev–Trinajstić information content (AvgIpc) is 4.13. The highest BCUT2D eigenvalue weighted by molar-refractivity contribution is 7.15. The lowest BCUT2D eigenvalue weighted by atomic mass is 9.78. The minimum Gasteiger partial charge on any atom is -0.469 e. The van der Waals surface area contributed by atoms with Gasteiger partial charge in [0.1, 0.15) is 29.0 Å². The van der Waals surface area contributed by atoms with Crippen LogP contribution in [-0.4, -0.2) is 103 Å². The van der Waals surface area contributed by atoms with Crippen molar-refractivity contribution in [2.24, 2.45) is 16.3 Å². The van der Waals surface area contributed by atoms with Crippen molar-refractivity contribution in [3.05, 3.63) is 128 Å². The van der Waals surface area contributed by atoms with E-state index in [-0.39, 0.29) is 49.2 Å². The third-order valence-electron chi connectivity index (χ3n) is 14.4. The molecule has 3 aromatic carbocycles. The molecule has 380 valence electrons. The molecule has 3 aliphatic rings. The van der Waals surface area contributed by atoms with Gasteiger partial charge in [0.2, 0.25) is 17.7 Å². The lowest BCUT2D eigenvalue weighted by Gasteiger charge is -2.39. The number of aromatic nitrogens is 4. The monoisotopic (exact) mass is 1020 g/mol. The molecule has 0 bridgehead atoms. The average molecular weight is 1020 g/mol. The Morgan fingerprint density at radius 3 is 2.11 bits per heavy atom. The highest BCUT2D eigenvalue weighted by Crippen LogP contribution is 2.40. The first-order chi connectivity index (χ1) is 34.8. The van der Waals surface area contributed by atoms with Crippen molar-refractivity contribution in [3.8, 4) is 26.6 Å². The first-order valence-electron chi connectivity index (χ1n) is 24.6. The Kier molecular flexibility index (Phi) is 14.4. The van der Waals surface area contributed by atoms with Crippen LogP contribution in [0.2, 0.25) is 0 Å². The van der Waals surface area contributed by atoms with Crippen LogP contribution in [0.15, 0.2) is 83.3 Å². The van der Waals surface area contributed by atoms with Gasteiger partial charge in [-0.05, 0) is 92.8 Å². The number of ether oxygens (including phenoxy) is 1. The van der Waals surface area contributed by atoms with E-state index >= 15 is 0 Å². The number of fused-ring (bicyclic) bond motifs is 3. The van der Waals surface area contributed by atoms with E-state index in [1.807, 2.05) is 112 Å². The first kappa shape index (κ1) is 51.0. The number of likely N-dealkylation sites (tertiary alicyclic amines) is 1. The van der Waals surface area contributed by atoms with Gasteiger partial charge in [0, 0.05) is 46.5 Å². The smallest absolute Gasteiger partial charge is 0.308 e. The summed E-state index contributed by atoms with van der Waals surface area (Å²) in [6.07, 6.45) is 0.0201. The van der Waals surface area contributed by atoms with Gasteiger partial charge in [-0.1, -0.05) is 81.4 Å². The minimum atomic E-state index is -0.963. The predicted octanol–water partition coefficient (Wildman–Crippen LogP) is 7.69. The molecule has 5 atom stereocenters. The molecular weight excluding hydrogens is 963 g/mol. The molecular formula is C55H61N9O7S2. The van der Waals surface area contributed by atoms with E-state index in [4.69, 9.17) is 9.73 Å². The highest BCUT2D eigenvalue weighted by atomic mass is 32.1. The van der Waals surface area contributed by atoms with Gasteiger partial charge in [0.15, 0.2) is 5.82 Å². The van der Waals surface area contributed by atoms with Gasteiger partial charge in [0.05, 0.1) is 47.5 Å². The molecule has 0 spiro atoms. The van der Waals surface area contributed by atoms with Crippen molar-refractivity contribution in [1.29, 1.82) is 0 Å². The number of rotatable bonds is 13. The molecule has 1 saturated heterocycles. The van der Waals surface area contributed by atoms with Crippen LogP contribution in [0.25, 0.3) is 26.6 Å². The summed E-state index contributed by atoms with van der Waals surface area (Å²) >= 11 is 3.22. The molecule has 9 rings (SSSR count). The quantitative estimate of drug-likeness (QED) is 0.0829. The number of nitrogens with one attached hydrogen (secondary N) is 3. The van der Waals surface area contributed by atoms with Gasteiger partial charge < -0.3 is 30.7 Å². The molecule has 1 saturated carbocycles. The van der Waals surface area contributed by atoms with Gasteiger partial charge in [0.25, 0.3) is 5.91 Å². The van der Waals surface area contributed by atoms with E-state index in [9.17, 15) is 29.1 Å². The number of aryl methyl sites for hydroxylation is 3. The SMILES string of the molecule is COC(=O)C[C@@H]1N=C(c2ccc(-c3ccc(C(=O)NC4CC(C(=O)NC(C(=O)N5C[C@H](O)C[C@H]5C(=O)N[C@@H](C)c5ccc(-c6scnc6C)cc5)C(C)(C)C)C4)cc3)cc2)c2c(sc(C)c2C)-n2c(C)nnc21. The lowest BCUT2D eigenvalue weighted by Crippen LogP contribution is -2.60. The predicted molar refractivity (Wildman–Crippen MR) is 281 cm³/mol. The second-order valence-electron chi connectivity index (χ2n) is 20.5. The Balaban J connectivity index is 0.799. The topological polar surface area (TPSA) is 210 Å². The summed E-state index contributed by atoms with van der Waals surface area (Å²) in [7, 11) is 1.36. The molecule has 3 aromatic heterocycles. The number of thiophene rings is 1. The number of thiazole rings is 1. The number of esters is 1. The van der Waals surface area contributed by atoms with Crippen LogP contribution in [0.4, 0.5) is 0 Å². The number of amides is 4. The van der Waals surface area contributed by atoms with E-state index in [1.54, 1.807) is 34.8 Å². The van der Waals surface area contributed by atoms with E-state index in [2.05, 4.69) is 45.0 Å². The van der Waals surface area contributed by atoms with E-state index in [0.29, 0.717) is 30.1 Å². The summed E-state index contributed by atoms with van der Waals surface area (Å²) in [5.74, 6) is -0.865. The molecule has 1 unspecified atom stereocenters. The zero-order valence-corrected chi connectivity index (χ0v) is 44.1. The number of benzene rings is 3. The number of aliphatic hydroxyl groups is 1. The number of nitrogens with zero attached hydrogens (tertiary/aromatic N) is 6. The summed E-state index contributed by atoms with van der Waals surface area (Å²) in [5.41, 5.74) is 10.1. The Hall–Kier alpha value is -6.89. The van der Waals surface area contributed by atoms with Crippen molar-refractivity contribution < 1.29 is 33.8 Å². The molecule has 73 heavy (non-hydrogen) atoms. The standard InChI is InChI=1S/C55H61N9O7S2/c1-28-31(4)73-54-45(28)46(59-42(25-44(66)71-9)49-62-61-32(5)64(49)54)36-16-12-34(13-17-36)35-14-20-38(21-15-35)50(67)58-40-22-39(23-40)51(68)60-48(55(6,7)8)53(70)63-26-41(65)24-43(63)52(69)57-29(2)33-10-18-37(19-11-33)47-30(3)56-27-72-47/h10-21,27,29,39-43,48,65H,22-26H2,1-9H3,(H,57,69)(H,58,67)(H,60,68)/t29-,39?,40?,41+,42-,43-,48?/m0/s1. The van der Waals surface area contributed by atoms with Crippen LogP contribution in [-0.2, 0) is 23.9 Å². The van der Waals surface area contributed by atoms with E-state index < -0.39 is 47.4 Å². The fourth-order valence-electron chi connectivity index (χ4n) is 9.89. The molecule has 18 heteroatoms. The number of β-amino-alcohol motifs (C(OH)–C–C–N with tert-alkyl or cyclic N) is 1. The van der Waals surface area contributed by atoms with Crippen LogP contribution in [0, 0.1) is 39.0 Å². The number of hydrogen-bond donors (Lipinski definition) is 4. The molecule has 0 radical (unpaired) electrons. The number of carbonyl (C=O) groups is 5. The number of aliphatic imine (C=N–C) groups is 1. The first-order valence-corrected chi connectivity index (χ1v) is 26.3. The van der Waals surface area contributed by atoms with E-state index in [1.165, 1.54) is 12.0 Å². The third kappa shape index (κ3) is 10.4. The van der Waals surface area contributed by atoms with Gasteiger partial charge in [-0.3, -0.25) is 33.5 Å². The number of aliphatic hydroxyl groups excluding tert-OH is 1. The Bertz CT molecular complexity index is 3110. The molecule has 4 amide bonds. The normalized spacial score (nSPS) is 20.1. The highest BCUT2D eigenvalue weighted by Gasteiger charge is 2.46. The second-order valence-corrected chi connectivity index (χ2v) is 22.6. The zero-order valence-electron chi connectivity index (χ0n) is 42.5. The molecule has 2 fully saturated rings. The van der Waals surface area contributed by atoms with Crippen LogP contribution in [0.1, 0.15) is 120 Å². The number of carbonyl (C=O) groups excluding carboxylic acids is 5. The van der Waals surface area contributed by atoms with Crippen LogP contribution < -0.4 is 16.0 Å². The maximum Gasteiger partial charge on any atom is 0.308 e. The number of hydrogen-bond acceptors (Lipinski definition) is 13. The van der Waals surface area contributed by atoms with Crippen molar-refractivity contribution in [2.45, 2.75) is 117 Å². The summed E-state index contributed by atoms with van der Waals surface area (Å²) in [6.45, 7) is 15.5. The van der Waals surface area contributed by atoms with Crippen molar-refractivity contribution in [3.63, 3.8) is 0 Å². The summed E-state index contributed by atoms with van der Waals surface area (Å²) in [4.78, 5) is 80.9. The fourth-order valence-corrected chi connectivity index (χ4v) is 11.9. The van der Waals surface area contributed by atoms with Gasteiger partial charge in [-0.2, -0.15) is 0 Å². The van der Waals surface area contributed by atoms with Crippen LogP contribution in [0.5, 0.6) is 0 Å². The maximum absolute atomic E-state index is 14.3. The molecule has 6 aromatic rings. The van der Waals surface area contributed by atoms with Crippen LogP contribution in [0.3, 0.4) is 0 Å². The molecule has 4 N–H and O–H groups in total. The number of methoxy groups -OCH3 is 1. The van der Waals surface area contributed by atoms with Crippen molar-refractivity contribution >= 4 is 58.0 Å². The summed E-state index contributed by atoms with van der Waals surface area (Å²) in [6, 6.07) is 20.3. The minimum absolute atomic E-state index is 0.0169. The van der Waals surface area contributed by atoms with Crippen molar-refractivity contribution in [1.82, 2.24) is 40.6 Å². The fraction of sp³-hybridized carbons (Fsp3) is 0.400. The van der Waals surface area contributed by atoms with Gasteiger partial charge in [-0.25, -0.2) is 4.98 Å². The van der Waals surface area contributed by atoms with Gasteiger partial charge >= 0.3 is 5.97 Å². The molecule has 5 heterocycles. The summed E-state index contributed by atoms with van der Waals surface area (Å²) in [5, 5.41) is 29.6.